The molecule has 0 bridgehead atoms. The van der Waals surface area contributed by atoms with Gasteiger partial charge in [-0.05, 0) is 40.3 Å². The molecule has 0 fully saturated rings. The molecule has 0 saturated heterocycles. The van der Waals surface area contributed by atoms with Gasteiger partial charge in [0.05, 0.1) is 12.8 Å². The number of benzene rings is 2. The van der Waals surface area contributed by atoms with E-state index in [1.165, 1.54) is 0 Å². The minimum Gasteiger partial charge on any atom is -0.508 e. The molecular weight excluding hydrogens is 374 g/mol. The Morgan fingerprint density at radius 3 is 2.79 bits per heavy atom. The third kappa shape index (κ3) is 2.69. The number of ether oxygens (including phenoxy) is 1. The van der Waals surface area contributed by atoms with Crippen molar-refractivity contribution in [3.63, 3.8) is 0 Å². The van der Waals surface area contributed by atoms with Crippen LogP contribution in [0.15, 0.2) is 53.3 Å². The zero-order valence-corrected chi connectivity index (χ0v) is 15.2. The van der Waals surface area contributed by atoms with Crippen LogP contribution in [0, 0.1) is 0 Å². The molecule has 144 valence electrons. The van der Waals surface area contributed by atoms with Gasteiger partial charge in [-0.1, -0.05) is 29.4 Å². The summed E-state index contributed by atoms with van der Waals surface area (Å²) in [6.07, 6.45) is 0. The average Bonchev–Trinajstić information content (AvgIpc) is 3.22. The van der Waals surface area contributed by atoms with Gasteiger partial charge in [0.1, 0.15) is 23.2 Å². The lowest BCUT2D eigenvalue weighted by atomic mass is 9.92. The van der Waals surface area contributed by atoms with E-state index in [9.17, 15) is 9.90 Å². The molecule has 0 amide bonds. The van der Waals surface area contributed by atoms with E-state index in [1.807, 2.05) is 24.3 Å². The van der Waals surface area contributed by atoms with Crippen LogP contribution in [0.2, 0.25) is 0 Å². The molecule has 10 heteroatoms. The number of anilines is 2. The van der Waals surface area contributed by atoms with Crippen LogP contribution < -0.4 is 15.6 Å². The Balaban J connectivity index is 1.80. The van der Waals surface area contributed by atoms with Gasteiger partial charge in [0.2, 0.25) is 5.95 Å². The summed E-state index contributed by atoms with van der Waals surface area (Å²) in [7, 11) is 1.59. The molecule has 29 heavy (non-hydrogen) atoms. The van der Waals surface area contributed by atoms with Crippen molar-refractivity contribution in [3.05, 3.63) is 70.0 Å². The molecule has 2 aromatic carbocycles. The van der Waals surface area contributed by atoms with Gasteiger partial charge >= 0.3 is 0 Å². The van der Waals surface area contributed by atoms with Gasteiger partial charge < -0.3 is 15.2 Å². The highest BCUT2D eigenvalue weighted by Crippen LogP contribution is 2.41. The van der Waals surface area contributed by atoms with Crippen LogP contribution in [0.1, 0.15) is 17.2 Å². The van der Waals surface area contributed by atoms with Crippen molar-refractivity contribution in [2.75, 3.05) is 12.4 Å². The van der Waals surface area contributed by atoms with Crippen molar-refractivity contribution in [1.82, 2.24) is 30.4 Å². The molecule has 3 heterocycles. The number of rotatable bonds is 3. The summed E-state index contributed by atoms with van der Waals surface area (Å²) < 4.78 is 6.91. The first-order valence-corrected chi connectivity index (χ1v) is 8.76. The number of nitrogens with zero attached hydrogens (tertiary/aromatic N) is 5. The van der Waals surface area contributed by atoms with Gasteiger partial charge in [0.15, 0.2) is 0 Å². The van der Waals surface area contributed by atoms with Gasteiger partial charge in [-0.25, -0.2) is 5.10 Å². The number of nitrogens with one attached hydrogen (secondary N) is 2. The minimum atomic E-state index is -0.521. The van der Waals surface area contributed by atoms with E-state index in [0.29, 0.717) is 28.6 Å². The summed E-state index contributed by atoms with van der Waals surface area (Å²) in [5.41, 5.74) is 2.66. The number of aromatic hydroxyl groups is 1. The molecule has 2 aromatic heterocycles. The van der Waals surface area contributed by atoms with E-state index >= 15 is 0 Å². The first-order valence-electron chi connectivity index (χ1n) is 8.76. The molecule has 0 aliphatic carbocycles. The van der Waals surface area contributed by atoms with Crippen LogP contribution in [-0.2, 0) is 0 Å². The predicted octanol–water partition coefficient (Wildman–Crippen LogP) is 1.83. The van der Waals surface area contributed by atoms with Crippen molar-refractivity contribution in [3.8, 4) is 22.8 Å². The quantitative estimate of drug-likeness (QED) is 0.426. The second kappa shape index (κ2) is 6.44. The summed E-state index contributed by atoms with van der Waals surface area (Å²) >= 11 is 0. The van der Waals surface area contributed by atoms with E-state index in [2.05, 4.69) is 31.0 Å². The first kappa shape index (κ1) is 16.9. The van der Waals surface area contributed by atoms with Crippen LogP contribution in [0.4, 0.5) is 11.6 Å². The highest BCUT2D eigenvalue weighted by Gasteiger charge is 2.34. The third-order valence-electron chi connectivity index (χ3n) is 4.82. The van der Waals surface area contributed by atoms with Gasteiger partial charge in [-0.2, -0.15) is 9.78 Å². The van der Waals surface area contributed by atoms with Crippen LogP contribution in [0.25, 0.3) is 11.3 Å². The molecule has 1 atom stereocenters. The summed E-state index contributed by atoms with van der Waals surface area (Å²) in [4.78, 5) is 12.6. The van der Waals surface area contributed by atoms with E-state index < -0.39 is 6.04 Å². The van der Waals surface area contributed by atoms with Gasteiger partial charge in [0.25, 0.3) is 5.56 Å². The molecule has 0 saturated carbocycles. The number of aromatic amines is 1. The second-order valence-corrected chi connectivity index (χ2v) is 6.49. The van der Waals surface area contributed by atoms with E-state index in [-0.39, 0.29) is 11.3 Å². The standard InChI is InChI=1S/C19H15N7O3/c1-29-13-4-2-3-11(9-13)15-14-16(18(28)22-21-15)20-19-23-24-25-26(19)17(14)10-5-7-12(27)8-6-10/h2-9,17,27H,1H3,(H,22,28)(H,20,23,25). The monoisotopic (exact) mass is 389 g/mol. The normalized spacial score (nSPS) is 14.6. The smallest absolute Gasteiger partial charge is 0.288 e. The molecule has 1 unspecified atom stereocenters. The van der Waals surface area contributed by atoms with Gasteiger partial charge in [-0.15, -0.1) is 0 Å². The zero-order valence-electron chi connectivity index (χ0n) is 15.2. The van der Waals surface area contributed by atoms with Gasteiger partial charge in [-0.3, -0.25) is 4.79 Å². The topological polar surface area (TPSA) is 131 Å². The average molecular weight is 389 g/mol. The maximum Gasteiger partial charge on any atom is 0.288 e. The fraction of sp³-hybridized carbons (Fsp3) is 0.105. The predicted molar refractivity (Wildman–Crippen MR) is 103 cm³/mol. The number of phenolic OH excluding ortho intramolecular Hbond substituents is 1. The highest BCUT2D eigenvalue weighted by molar-refractivity contribution is 5.76. The van der Waals surface area contributed by atoms with Crippen molar-refractivity contribution in [2.45, 2.75) is 6.04 Å². The zero-order chi connectivity index (χ0) is 20.0. The van der Waals surface area contributed by atoms with E-state index in [1.54, 1.807) is 36.1 Å². The summed E-state index contributed by atoms with van der Waals surface area (Å²) in [5, 5.41) is 31.4. The largest absolute Gasteiger partial charge is 0.508 e. The van der Waals surface area contributed by atoms with Gasteiger partial charge in [0, 0.05) is 11.1 Å². The van der Waals surface area contributed by atoms with Crippen LogP contribution in [0.3, 0.4) is 0 Å². The number of aromatic nitrogens is 6. The number of phenols is 1. The Hall–Kier alpha value is -4.21. The number of hydrogen-bond donors (Lipinski definition) is 3. The summed E-state index contributed by atoms with van der Waals surface area (Å²) in [5.74, 6) is 1.14. The van der Waals surface area contributed by atoms with Crippen LogP contribution >= 0.6 is 0 Å². The minimum absolute atomic E-state index is 0.136. The Kier molecular flexibility index (Phi) is 3.76. The first-order chi connectivity index (χ1) is 14.2. The van der Waals surface area contributed by atoms with Crippen LogP contribution in [0.5, 0.6) is 11.5 Å². The lowest BCUT2D eigenvalue weighted by Crippen LogP contribution is -2.29. The van der Waals surface area contributed by atoms with E-state index in [4.69, 9.17) is 4.74 Å². The maximum absolute atomic E-state index is 12.6. The number of methoxy groups -OCH3 is 1. The maximum atomic E-state index is 12.6. The fourth-order valence-electron chi connectivity index (χ4n) is 3.49. The summed E-state index contributed by atoms with van der Waals surface area (Å²) in [6.45, 7) is 0. The number of hydrogen-bond acceptors (Lipinski definition) is 8. The molecule has 5 rings (SSSR count). The molecule has 10 nitrogen and oxygen atoms in total. The Morgan fingerprint density at radius 1 is 1.17 bits per heavy atom. The SMILES string of the molecule is COc1cccc(-c2n[nH]c(=O)c3c2C(c2ccc(O)cc2)n2nnnc2N3)c1. The molecule has 3 N–H and O–H groups in total. The number of fused-ring (bicyclic) bond motifs is 2. The summed E-state index contributed by atoms with van der Waals surface area (Å²) in [6, 6.07) is 13.6. The molecule has 1 aliphatic heterocycles. The fourth-order valence-corrected chi connectivity index (χ4v) is 3.49. The Morgan fingerprint density at radius 2 is 2.00 bits per heavy atom. The molecule has 0 radical (unpaired) electrons. The Bertz CT molecular complexity index is 1260. The molecule has 0 spiro atoms. The van der Waals surface area contributed by atoms with E-state index in [0.717, 1.165) is 11.1 Å². The van der Waals surface area contributed by atoms with Crippen molar-refractivity contribution < 1.29 is 9.84 Å². The van der Waals surface area contributed by atoms with Crippen molar-refractivity contribution in [2.24, 2.45) is 0 Å². The number of tetrazole rings is 1. The van der Waals surface area contributed by atoms with Crippen molar-refractivity contribution >= 4 is 11.6 Å². The number of H-pyrrole nitrogens is 1. The third-order valence-corrected chi connectivity index (χ3v) is 4.82. The lowest BCUT2D eigenvalue weighted by molar-refractivity contribution is 0.415. The highest BCUT2D eigenvalue weighted by atomic mass is 16.5. The molecular formula is C19H15N7O3. The van der Waals surface area contributed by atoms with Crippen molar-refractivity contribution in [1.29, 1.82) is 0 Å². The Labute approximate surface area is 163 Å². The molecule has 1 aliphatic rings. The lowest BCUT2D eigenvalue weighted by Gasteiger charge is -2.27. The molecule has 4 aromatic rings. The van der Waals surface area contributed by atoms with Crippen LogP contribution in [-0.4, -0.2) is 42.6 Å². The second-order valence-electron chi connectivity index (χ2n) is 6.49.